The molecular weight excluding hydrogens is 247 g/mol. The van der Waals surface area contributed by atoms with Gasteiger partial charge in [-0.3, -0.25) is 4.79 Å². The standard InChI is InChI=1S/C14H7FN2O2/c1-7-9(5-16)13-11(12(15)10(7)6-18)8-3-2-4-17-14(8)19-13/h2-4,6H,1H3. The lowest BCUT2D eigenvalue weighted by molar-refractivity contribution is 0.111. The van der Waals surface area contributed by atoms with E-state index in [-0.39, 0.29) is 33.4 Å². The molecule has 92 valence electrons. The number of pyridine rings is 1. The van der Waals surface area contributed by atoms with E-state index in [4.69, 9.17) is 4.42 Å². The molecule has 0 bridgehead atoms. The summed E-state index contributed by atoms with van der Waals surface area (Å²) in [5.74, 6) is -0.673. The third-order valence-corrected chi connectivity index (χ3v) is 3.16. The molecule has 3 rings (SSSR count). The number of halogens is 1. The predicted molar refractivity (Wildman–Crippen MR) is 66.3 cm³/mol. The van der Waals surface area contributed by atoms with Crippen molar-refractivity contribution in [2.45, 2.75) is 6.92 Å². The van der Waals surface area contributed by atoms with E-state index in [0.29, 0.717) is 11.7 Å². The Kier molecular flexibility index (Phi) is 2.32. The molecule has 0 aliphatic carbocycles. The second kappa shape index (κ2) is 3.89. The molecule has 0 spiro atoms. The number of aromatic nitrogens is 1. The van der Waals surface area contributed by atoms with Crippen LogP contribution in [0.1, 0.15) is 21.5 Å². The van der Waals surface area contributed by atoms with Crippen LogP contribution in [0.5, 0.6) is 0 Å². The fourth-order valence-electron chi connectivity index (χ4n) is 2.21. The van der Waals surface area contributed by atoms with Crippen molar-refractivity contribution in [3.8, 4) is 6.07 Å². The van der Waals surface area contributed by atoms with E-state index in [1.54, 1.807) is 12.1 Å². The van der Waals surface area contributed by atoms with Crippen LogP contribution in [0.15, 0.2) is 22.7 Å². The summed E-state index contributed by atoms with van der Waals surface area (Å²) in [6.45, 7) is 1.52. The van der Waals surface area contributed by atoms with Crippen LogP contribution < -0.4 is 0 Å². The Hall–Kier alpha value is -2.74. The number of nitriles is 1. The lowest BCUT2D eigenvalue weighted by Crippen LogP contribution is -1.97. The van der Waals surface area contributed by atoms with Gasteiger partial charge in [-0.1, -0.05) is 0 Å². The van der Waals surface area contributed by atoms with Gasteiger partial charge >= 0.3 is 0 Å². The van der Waals surface area contributed by atoms with Crippen LogP contribution in [0.4, 0.5) is 4.39 Å². The first-order chi connectivity index (χ1) is 9.19. The third-order valence-electron chi connectivity index (χ3n) is 3.16. The van der Waals surface area contributed by atoms with Crippen molar-refractivity contribution in [3.63, 3.8) is 0 Å². The maximum atomic E-state index is 14.4. The average molecular weight is 254 g/mol. The Morgan fingerprint density at radius 1 is 1.53 bits per heavy atom. The number of fused-ring (bicyclic) bond motifs is 3. The minimum atomic E-state index is -0.673. The Morgan fingerprint density at radius 2 is 2.32 bits per heavy atom. The topological polar surface area (TPSA) is 66.9 Å². The smallest absolute Gasteiger partial charge is 0.227 e. The summed E-state index contributed by atoms with van der Waals surface area (Å²) in [6.07, 6.45) is 1.93. The monoisotopic (exact) mass is 254 g/mol. The van der Waals surface area contributed by atoms with E-state index in [1.807, 2.05) is 6.07 Å². The third kappa shape index (κ3) is 1.37. The average Bonchev–Trinajstić information content (AvgIpc) is 2.79. The molecule has 0 fully saturated rings. The quantitative estimate of drug-likeness (QED) is 0.626. The van der Waals surface area contributed by atoms with Crippen LogP contribution in [0, 0.1) is 24.1 Å². The summed E-state index contributed by atoms with van der Waals surface area (Å²) in [6, 6.07) is 5.24. The Balaban J connectivity index is 2.68. The number of rotatable bonds is 1. The van der Waals surface area contributed by atoms with Crippen molar-refractivity contribution in [2.24, 2.45) is 0 Å². The first kappa shape index (κ1) is 11.4. The highest BCUT2D eigenvalue weighted by atomic mass is 19.1. The highest BCUT2D eigenvalue weighted by molar-refractivity contribution is 6.08. The van der Waals surface area contributed by atoms with Crippen molar-refractivity contribution in [3.05, 3.63) is 40.8 Å². The summed E-state index contributed by atoms with van der Waals surface area (Å²) in [5, 5.41) is 9.77. The van der Waals surface area contributed by atoms with Gasteiger partial charge in [-0.2, -0.15) is 5.26 Å². The van der Waals surface area contributed by atoms with Gasteiger partial charge in [0, 0.05) is 6.20 Å². The molecule has 0 aliphatic rings. The van der Waals surface area contributed by atoms with Crippen molar-refractivity contribution in [2.75, 3.05) is 0 Å². The number of benzene rings is 1. The lowest BCUT2D eigenvalue weighted by Gasteiger charge is -2.04. The van der Waals surface area contributed by atoms with E-state index in [1.165, 1.54) is 13.1 Å². The molecule has 2 aromatic heterocycles. The number of aldehydes is 1. The molecule has 0 unspecified atom stereocenters. The lowest BCUT2D eigenvalue weighted by atomic mass is 9.99. The molecule has 0 atom stereocenters. The number of carbonyl (C=O) groups is 1. The van der Waals surface area contributed by atoms with E-state index < -0.39 is 5.82 Å². The van der Waals surface area contributed by atoms with Gasteiger partial charge in [-0.15, -0.1) is 0 Å². The van der Waals surface area contributed by atoms with Gasteiger partial charge in [0.1, 0.15) is 11.9 Å². The van der Waals surface area contributed by atoms with Gasteiger partial charge < -0.3 is 4.42 Å². The molecule has 0 saturated heterocycles. The van der Waals surface area contributed by atoms with Crippen LogP contribution in [-0.2, 0) is 0 Å². The molecular formula is C14H7FN2O2. The fourth-order valence-corrected chi connectivity index (χ4v) is 2.21. The first-order valence-electron chi connectivity index (χ1n) is 5.53. The van der Waals surface area contributed by atoms with Crippen LogP contribution in [0.25, 0.3) is 22.1 Å². The highest BCUT2D eigenvalue weighted by Gasteiger charge is 2.22. The van der Waals surface area contributed by atoms with E-state index in [0.717, 1.165) is 0 Å². The zero-order chi connectivity index (χ0) is 13.6. The summed E-state index contributed by atoms with van der Waals surface area (Å²) < 4.78 is 19.8. The first-order valence-corrected chi connectivity index (χ1v) is 5.53. The molecule has 0 radical (unpaired) electrons. The number of nitrogens with zero attached hydrogens (tertiary/aromatic N) is 2. The van der Waals surface area contributed by atoms with E-state index >= 15 is 0 Å². The van der Waals surface area contributed by atoms with Gasteiger partial charge in [0.05, 0.1) is 21.9 Å². The van der Waals surface area contributed by atoms with Gasteiger partial charge in [-0.25, -0.2) is 9.37 Å². The van der Waals surface area contributed by atoms with Gasteiger partial charge in [0.2, 0.25) is 5.71 Å². The molecule has 0 saturated carbocycles. The summed E-state index contributed by atoms with van der Waals surface area (Å²) in [7, 11) is 0. The molecule has 3 aromatic rings. The largest absolute Gasteiger partial charge is 0.436 e. The summed E-state index contributed by atoms with van der Waals surface area (Å²) in [4.78, 5) is 15.0. The Bertz CT molecular complexity index is 875. The number of hydrogen-bond donors (Lipinski definition) is 0. The van der Waals surface area contributed by atoms with Gasteiger partial charge in [-0.05, 0) is 24.6 Å². The summed E-state index contributed by atoms with van der Waals surface area (Å²) >= 11 is 0. The van der Waals surface area contributed by atoms with Crippen molar-refractivity contribution < 1.29 is 13.6 Å². The minimum absolute atomic E-state index is 0.115. The number of hydrogen-bond acceptors (Lipinski definition) is 4. The number of carbonyl (C=O) groups excluding carboxylic acids is 1. The van der Waals surface area contributed by atoms with E-state index in [9.17, 15) is 14.4 Å². The molecule has 5 heteroatoms. The van der Waals surface area contributed by atoms with Crippen molar-refractivity contribution in [1.82, 2.24) is 4.98 Å². The van der Waals surface area contributed by atoms with Gasteiger partial charge in [0.25, 0.3) is 0 Å². The maximum absolute atomic E-state index is 14.4. The van der Waals surface area contributed by atoms with Crippen molar-refractivity contribution in [1.29, 1.82) is 5.26 Å². The molecule has 4 nitrogen and oxygen atoms in total. The summed E-state index contributed by atoms with van der Waals surface area (Å²) in [5.41, 5.74) is 0.709. The normalized spacial score (nSPS) is 10.8. The molecule has 0 N–H and O–H groups in total. The zero-order valence-corrected chi connectivity index (χ0v) is 9.90. The minimum Gasteiger partial charge on any atom is -0.436 e. The maximum Gasteiger partial charge on any atom is 0.227 e. The fraction of sp³-hybridized carbons (Fsp3) is 0.0714. The Labute approximate surface area is 107 Å². The molecule has 2 heterocycles. The van der Waals surface area contributed by atoms with Gasteiger partial charge in [0.15, 0.2) is 11.9 Å². The van der Waals surface area contributed by atoms with Crippen LogP contribution in [0.3, 0.4) is 0 Å². The molecule has 19 heavy (non-hydrogen) atoms. The highest BCUT2D eigenvalue weighted by Crippen LogP contribution is 2.35. The molecule has 0 amide bonds. The predicted octanol–water partition coefficient (Wildman–Crippen LogP) is 3.11. The second-order valence-electron chi connectivity index (χ2n) is 4.12. The van der Waals surface area contributed by atoms with Crippen LogP contribution in [-0.4, -0.2) is 11.3 Å². The van der Waals surface area contributed by atoms with Crippen LogP contribution in [0.2, 0.25) is 0 Å². The molecule has 1 aromatic carbocycles. The van der Waals surface area contributed by atoms with Crippen molar-refractivity contribution >= 4 is 28.4 Å². The zero-order valence-electron chi connectivity index (χ0n) is 9.90. The number of furan rings is 1. The van der Waals surface area contributed by atoms with E-state index in [2.05, 4.69) is 4.98 Å². The second-order valence-corrected chi connectivity index (χ2v) is 4.12. The Morgan fingerprint density at radius 3 is 3.00 bits per heavy atom. The van der Waals surface area contributed by atoms with Crippen LogP contribution >= 0.6 is 0 Å². The molecule has 0 aliphatic heterocycles. The SMILES string of the molecule is Cc1c(C=O)c(F)c2c(oc3ncccc32)c1C#N.